The molecule has 3 aromatic rings. The van der Waals surface area contributed by atoms with E-state index in [1.54, 1.807) is 13.3 Å². The van der Waals surface area contributed by atoms with Crippen LogP contribution in [0.15, 0.2) is 48.7 Å². The first-order valence-corrected chi connectivity index (χ1v) is 8.15. The van der Waals surface area contributed by atoms with E-state index in [1.807, 2.05) is 47.4 Å². The third kappa shape index (κ3) is 2.52. The van der Waals surface area contributed by atoms with Gasteiger partial charge in [0, 0.05) is 23.6 Å². The number of rotatable bonds is 3. The molecule has 1 aliphatic rings. The highest BCUT2D eigenvalue weighted by Gasteiger charge is 2.32. The molecule has 24 heavy (non-hydrogen) atoms. The van der Waals surface area contributed by atoms with Crippen LogP contribution in [0, 0.1) is 0 Å². The summed E-state index contributed by atoms with van der Waals surface area (Å²) in [6, 6.07) is 13.6. The lowest BCUT2D eigenvalue weighted by Crippen LogP contribution is -2.31. The number of carbonyl (C=O) groups is 1. The fourth-order valence-electron chi connectivity index (χ4n) is 3.40. The molecule has 1 fully saturated rings. The second-order valence-electron chi connectivity index (χ2n) is 6.05. The molecular weight excluding hydrogens is 302 g/mol. The van der Waals surface area contributed by atoms with Crippen LogP contribution in [-0.2, 0) is 0 Å². The van der Waals surface area contributed by atoms with Crippen LogP contribution in [0.2, 0.25) is 0 Å². The van der Waals surface area contributed by atoms with Crippen LogP contribution in [0.1, 0.15) is 35.1 Å². The van der Waals surface area contributed by atoms with Crippen molar-refractivity contribution in [1.82, 2.24) is 14.9 Å². The van der Waals surface area contributed by atoms with E-state index in [9.17, 15) is 4.79 Å². The van der Waals surface area contributed by atoms with E-state index in [4.69, 9.17) is 4.74 Å². The van der Waals surface area contributed by atoms with Gasteiger partial charge in [0.25, 0.3) is 5.91 Å². The summed E-state index contributed by atoms with van der Waals surface area (Å²) < 4.78 is 5.25. The number of carbonyl (C=O) groups excluding carboxylic acids is 1. The Balaban J connectivity index is 1.65. The lowest BCUT2D eigenvalue weighted by atomic mass is 10.1. The first-order valence-electron chi connectivity index (χ1n) is 8.15. The van der Waals surface area contributed by atoms with Crippen LogP contribution in [0.5, 0.6) is 5.75 Å². The number of nitrogens with one attached hydrogen (secondary N) is 1. The molecule has 3 heterocycles. The quantitative estimate of drug-likeness (QED) is 0.802. The number of aromatic amines is 1. The first-order chi connectivity index (χ1) is 11.8. The average molecular weight is 321 g/mol. The molecule has 0 spiro atoms. The molecule has 1 aliphatic heterocycles. The van der Waals surface area contributed by atoms with Gasteiger partial charge in [0.1, 0.15) is 11.4 Å². The van der Waals surface area contributed by atoms with Crippen molar-refractivity contribution in [3.63, 3.8) is 0 Å². The fourth-order valence-corrected chi connectivity index (χ4v) is 3.40. The molecule has 0 aliphatic carbocycles. The zero-order chi connectivity index (χ0) is 16.5. The fraction of sp³-hybridized carbons (Fsp3) is 0.263. The average Bonchev–Trinajstić information content (AvgIpc) is 3.28. The maximum atomic E-state index is 13.0. The zero-order valence-electron chi connectivity index (χ0n) is 13.5. The smallest absolute Gasteiger partial charge is 0.270 e. The van der Waals surface area contributed by atoms with Gasteiger partial charge in [-0.3, -0.25) is 9.78 Å². The minimum atomic E-state index is 0.0262. The molecule has 4 rings (SSSR count). The molecule has 122 valence electrons. The summed E-state index contributed by atoms with van der Waals surface area (Å²) in [7, 11) is 1.64. The number of pyridine rings is 1. The summed E-state index contributed by atoms with van der Waals surface area (Å²) in [5.74, 6) is 0.811. The van der Waals surface area contributed by atoms with E-state index in [0.717, 1.165) is 41.7 Å². The molecule has 2 aromatic heterocycles. The lowest BCUT2D eigenvalue weighted by molar-refractivity contribution is 0.0728. The molecule has 0 radical (unpaired) electrons. The van der Waals surface area contributed by atoms with Gasteiger partial charge in [0.2, 0.25) is 0 Å². The number of likely N-dealkylation sites (tertiary alicyclic amines) is 1. The van der Waals surface area contributed by atoms with E-state index >= 15 is 0 Å². The Morgan fingerprint density at radius 1 is 1.29 bits per heavy atom. The Morgan fingerprint density at radius 3 is 3.00 bits per heavy atom. The van der Waals surface area contributed by atoms with Crippen molar-refractivity contribution in [2.45, 2.75) is 18.9 Å². The van der Waals surface area contributed by atoms with E-state index in [1.165, 1.54) is 0 Å². The predicted octanol–water partition coefficient (Wildman–Crippen LogP) is 3.55. The van der Waals surface area contributed by atoms with Gasteiger partial charge in [-0.2, -0.15) is 0 Å². The van der Waals surface area contributed by atoms with Gasteiger partial charge in [-0.1, -0.05) is 6.07 Å². The summed E-state index contributed by atoms with van der Waals surface area (Å²) in [5.41, 5.74) is 2.51. The maximum Gasteiger partial charge on any atom is 0.270 e. The van der Waals surface area contributed by atoms with Crippen molar-refractivity contribution in [2.24, 2.45) is 0 Å². The van der Waals surface area contributed by atoms with Gasteiger partial charge in [-0.05, 0) is 49.2 Å². The Kier molecular flexibility index (Phi) is 3.69. The highest BCUT2D eigenvalue weighted by atomic mass is 16.5. The van der Waals surface area contributed by atoms with E-state index in [-0.39, 0.29) is 11.9 Å². The van der Waals surface area contributed by atoms with Gasteiger partial charge < -0.3 is 14.6 Å². The number of aromatic nitrogens is 2. The number of hydrogen-bond acceptors (Lipinski definition) is 3. The van der Waals surface area contributed by atoms with E-state index in [0.29, 0.717) is 5.69 Å². The highest BCUT2D eigenvalue weighted by Crippen LogP contribution is 2.32. The van der Waals surface area contributed by atoms with Crippen molar-refractivity contribution < 1.29 is 9.53 Å². The Hall–Kier alpha value is -2.82. The SMILES string of the molecule is COc1ccc2[nH]c(C(=O)N3CCC[C@@H]3c3ccccn3)cc2c1. The van der Waals surface area contributed by atoms with Crippen molar-refractivity contribution in [2.75, 3.05) is 13.7 Å². The summed E-state index contributed by atoms with van der Waals surface area (Å²) in [6.45, 7) is 0.763. The van der Waals surface area contributed by atoms with Crippen molar-refractivity contribution in [1.29, 1.82) is 0 Å². The standard InChI is InChI=1S/C19H19N3O2/c1-24-14-7-8-15-13(11-14)12-17(21-15)19(23)22-10-4-6-18(22)16-5-2-3-9-20-16/h2-3,5,7-9,11-12,18,21H,4,6,10H2,1H3/t18-/m1/s1. The van der Waals surface area contributed by atoms with Crippen LogP contribution in [0.4, 0.5) is 0 Å². The van der Waals surface area contributed by atoms with Crippen LogP contribution in [-0.4, -0.2) is 34.4 Å². The molecule has 0 bridgehead atoms. The highest BCUT2D eigenvalue weighted by molar-refractivity contribution is 5.98. The number of hydrogen-bond donors (Lipinski definition) is 1. The lowest BCUT2D eigenvalue weighted by Gasteiger charge is -2.23. The molecule has 0 unspecified atom stereocenters. The monoisotopic (exact) mass is 321 g/mol. The molecule has 1 atom stereocenters. The largest absolute Gasteiger partial charge is 0.497 e. The Labute approximate surface area is 140 Å². The third-order valence-electron chi connectivity index (χ3n) is 4.60. The third-order valence-corrected chi connectivity index (χ3v) is 4.60. The van der Waals surface area contributed by atoms with E-state index in [2.05, 4.69) is 9.97 Å². The van der Waals surface area contributed by atoms with Gasteiger partial charge in [0.05, 0.1) is 18.8 Å². The molecule has 1 N–H and O–H groups in total. The minimum Gasteiger partial charge on any atom is -0.497 e. The maximum absolute atomic E-state index is 13.0. The van der Waals surface area contributed by atoms with Gasteiger partial charge >= 0.3 is 0 Å². The van der Waals surface area contributed by atoms with Crippen molar-refractivity contribution in [3.8, 4) is 5.75 Å². The molecular formula is C19H19N3O2. The summed E-state index contributed by atoms with van der Waals surface area (Å²) in [5, 5.41) is 0.978. The molecule has 0 saturated carbocycles. The Bertz CT molecular complexity index is 873. The number of benzene rings is 1. The second-order valence-corrected chi connectivity index (χ2v) is 6.05. The van der Waals surface area contributed by atoms with E-state index < -0.39 is 0 Å². The zero-order valence-corrected chi connectivity index (χ0v) is 13.5. The van der Waals surface area contributed by atoms with Gasteiger partial charge in [0.15, 0.2) is 0 Å². The number of ether oxygens (including phenoxy) is 1. The van der Waals surface area contributed by atoms with Gasteiger partial charge in [-0.25, -0.2) is 0 Å². The number of nitrogens with zero attached hydrogens (tertiary/aromatic N) is 2. The molecule has 5 heteroatoms. The van der Waals surface area contributed by atoms with Crippen LogP contribution < -0.4 is 4.74 Å². The summed E-state index contributed by atoms with van der Waals surface area (Å²) >= 11 is 0. The first kappa shape index (κ1) is 14.8. The van der Waals surface area contributed by atoms with Crippen LogP contribution >= 0.6 is 0 Å². The normalized spacial score (nSPS) is 17.4. The number of methoxy groups -OCH3 is 1. The Morgan fingerprint density at radius 2 is 2.21 bits per heavy atom. The van der Waals surface area contributed by atoms with Crippen LogP contribution in [0.25, 0.3) is 10.9 Å². The number of fused-ring (bicyclic) bond motifs is 1. The van der Waals surface area contributed by atoms with Crippen molar-refractivity contribution >= 4 is 16.8 Å². The molecule has 1 amide bonds. The molecule has 5 nitrogen and oxygen atoms in total. The number of amides is 1. The number of H-pyrrole nitrogens is 1. The van der Waals surface area contributed by atoms with Crippen molar-refractivity contribution in [3.05, 3.63) is 60.0 Å². The summed E-state index contributed by atoms with van der Waals surface area (Å²) in [4.78, 5) is 22.6. The summed E-state index contributed by atoms with van der Waals surface area (Å²) in [6.07, 6.45) is 3.74. The molecule has 1 aromatic carbocycles. The van der Waals surface area contributed by atoms with Crippen LogP contribution in [0.3, 0.4) is 0 Å². The second kappa shape index (κ2) is 6.00. The molecule has 1 saturated heterocycles. The van der Waals surface area contributed by atoms with Gasteiger partial charge in [-0.15, -0.1) is 0 Å². The predicted molar refractivity (Wildman–Crippen MR) is 92.1 cm³/mol. The topological polar surface area (TPSA) is 58.2 Å². The minimum absolute atomic E-state index is 0.0262.